The van der Waals surface area contributed by atoms with Crippen LogP contribution in [0.1, 0.15) is 25.0 Å². The Bertz CT molecular complexity index is 299. The van der Waals surface area contributed by atoms with Gasteiger partial charge in [-0.1, -0.05) is 22.0 Å². The molecule has 1 N–H and O–H groups in total. The second-order valence-corrected chi connectivity index (χ2v) is 3.94. The minimum absolute atomic E-state index is 0.281. The molecule has 1 heterocycles. The van der Waals surface area contributed by atoms with Crippen molar-refractivity contribution in [3.8, 4) is 0 Å². The van der Waals surface area contributed by atoms with Crippen molar-refractivity contribution in [1.29, 1.82) is 0 Å². The molecule has 1 rings (SSSR count). The summed E-state index contributed by atoms with van der Waals surface area (Å²) in [6.07, 6.45) is 8.76. The topological polar surface area (TPSA) is 33.1 Å². The largest absolute Gasteiger partial charge is 0.396 e. The number of nitrogens with zero attached hydrogens (tertiary/aromatic N) is 1. The van der Waals surface area contributed by atoms with Gasteiger partial charge in [-0.05, 0) is 37.5 Å². The smallest absolute Gasteiger partial charge is 0.0637 e. The number of halogens is 1. The third-order valence-corrected chi connectivity index (χ3v) is 2.30. The van der Waals surface area contributed by atoms with E-state index < -0.39 is 0 Å². The Morgan fingerprint density at radius 1 is 1.43 bits per heavy atom. The van der Waals surface area contributed by atoms with Crippen molar-refractivity contribution in [3.05, 3.63) is 34.6 Å². The normalized spacial score (nSPS) is 11.0. The first-order valence-electron chi connectivity index (χ1n) is 4.72. The molecule has 2 nitrogen and oxygen atoms in total. The number of unbranched alkanes of at least 4 members (excludes halogenated alkanes) is 2. The molecule has 0 unspecified atom stereocenters. The van der Waals surface area contributed by atoms with Gasteiger partial charge < -0.3 is 5.11 Å². The molecule has 76 valence electrons. The highest BCUT2D eigenvalue weighted by atomic mass is 79.9. The number of pyridine rings is 1. The first-order chi connectivity index (χ1) is 6.83. The molecule has 0 radical (unpaired) electrons. The van der Waals surface area contributed by atoms with Crippen LogP contribution < -0.4 is 0 Å². The third-order valence-electron chi connectivity index (χ3n) is 1.81. The molecule has 1 aromatic heterocycles. The maximum Gasteiger partial charge on any atom is 0.0637 e. The average Bonchev–Trinajstić information content (AvgIpc) is 2.18. The molecular weight excluding hydrogens is 242 g/mol. The van der Waals surface area contributed by atoms with Crippen LogP contribution in [0.2, 0.25) is 0 Å². The molecule has 0 aliphatic carbocycles. The summed E-state index contributed by atoms with van der Waals surface area (Å²) in [5, 5.41) is 8.58. The van der Waals surface area contributed by atoms with Crippen LogP contribution in [0.15, 0.2) is 28.9 Å². The predicted octanol–water partition coefficient (Wildman–Crippen LogP) is 3.02. The predicted molar refractivity (Wildman–Crippen MR) is 61.9 cm³/mol. The van der Waals surface area contributed by atoms with E-state index in [1.54, 1.807) is 6.20 Å². The summed E-state index contributed by atoms with van der Waals surface area (Å²) in [5.41, 5.74) is 0.961. The van der Waals surface area contributed by atoms with Crippen molar-refractivity contribution in [2.75, 3.05) is 6.61 Å². The Balaban J connectivity index is 2.36. The van der Waals surface area contributed by atoms with Crippen LogP contribution in [0.25, 0.3) is 6.08 Å². The van der Waals surface area contributed by atoms with Gasteiger partial charge in [0.2, 0.25) is 0 Å². The van der Waals surface area contributed by atoms with Crippen molar-refractivity contribution in [2.24, 2.45) is 0 Å². The van der Waals surface area contributed by atoms with E-state index in [4.69, 9.17) is 5.11 Å². The molecule has 0 aliphatic rings. The Morgan fingerprint density at radius 2 is 2.29 bits per heavy atom. The molecule has 3 heteroatoms. The molecule has 14 heavy (non-hydrogen) atoms. The molecule has 0 spiro atoms. The van der Waals surface area contributed by atoms with E-state index >= 15 is 0 Å². The zero-order chi connectivity index (χ0) is 10.2. The van der Waals surface area contributed by atoms with Crippen LogP contribution in [-0.2, 0) is 0 Å². The first-order valence-corrected chi connectivity index (χ1v) is 5.51. The monoisotopic (exact) mass is 255 g/mol. The minimum Gasteiger partial charge on any atom is -0.396 e. The zero-order valence-corrected chi connectivity index (χ0v) is 9.57. The molecule has 0 amide bonds. The molecule has 0 bridgehead atoms. The maximum atomic E-state index is 8.58. The van der Waals surface area contributed by atoms with E-state index in [0.29, 0.717) is 0 Å². The fourth-order valence-electron chi connectivity index (χ4n) is 1.09. The highest BCUT2D eigenvalue weighted by Gasteiger charge is 1.89. The van der Waals surface area contributed by atoms with E-state index in [1.807, 2.05) is 18.2 Å². The van der Waals surface area contributed by atoms with Crippen LogP contribution >= 0.6 is 15.9 Å². The van der Waals surface area contributed by atoms with Gasteiger partial charge in [-0.2, -0.15) is 0 Å². The summed E-state index contributed by atoms with van der Waals surface area (Å²) in [4.78, 5) is 4.19. The summed E-state index contributed by atoms with van der Waals surface area (Å²) < 4.78 is 1.04. The van der Waals surface area contributed by atoms with Crippen LogP contribution in [0, 0.1) is 0 Å². The summed E-state index contributed by atoms with van der Waals surface area (Å²) in [5.74, 6) is 0. The summed E-state index contributed by atoms with van der Waals surface area (Å²) in [6.45, 7) is 0.281. The van der Waals surface area contributed by atoms with Crippen LogP contribution in [0.3, 0.4) is 0 Å². The van der Waals surface area contributed by atoms with Crippen molar-refractivity contribution < 1.29 is 5.11 Å². The maximum absolute atomic E-state index is 8.58. The van der Waals surface area contributed by atoms with E-state index in [2.05, 4.69) is 27.0 Å². The summed E-state index contributed by atoms with van der Waals surface area (Å²) in [7, 11) is 0. The van der Waals surface area contributed by atoms with Gasteiger partial charge in [0.1, 0.15) is 0 Å². The second kappa shape index (κ2) is 6.74. The molecule has 0 aliphatic heterocycles. The number of allylic oxidation sites excluding steroid dienone is 1. The lowest BCUT2D eigenvalue weighted by atomic mass is 10.2. The van der Waals surface area contributed by atoms with Crippen molar-refractivity contribution in [1.82, 2.24) is 4.98 Å². The van der Waals surface area contributed by atoms with Crippen LogP contribution in [-0.4, -0.2) is 16.7 Å². The molecule has 0 atom stereocenters. The standard InChI is InChI=1S/C11H14BrNO/c12-10-6-7-13-11(9-10)5-3-1-2-4-8-14/h3,5-7,9,14H,1-2,4,8H2/b5-3+. The number of rotatable bonds is 5. The van der Waals surface area contributed by atoms with Gasteiger partial charge in [0.25, 0.3) is 0 Å². The Kier molecular flexibility index (Phi) is 5.49. The lowest BCUT2D eigenvalue weighted by Crippen LogP contribution is -1.81. The number of hydrogen-bond acceptors (Lipinski definition) is 2. The van der Waals surface area contributed by atoms with Crippen molar-refractivity contribution in [2.45, 2.75) is 19.3 Å². The fourth-order valence-corrected chi connectivity index (χ4v) is 1.44. The number of aliphatic hydroxyl groups is 1. The Morgan fingerprint density at radius 3 is 3.00 bits per heavy atom. The zero-order valence-electron chi connectivity index (χ0n) is 7.99. The molecule has 0 fully saturated rings. The van der Waals surface area contributed by atoms with Crippen molar-refractivity contribution in [3.63, 3.8) is 0 Å². The Labute approximate surface area is 92.8 Å². The quantitative estimate of drug-likeness (QED) is 0.821. The summed E-state index contributed by atoms with van der Waals surface area (Å²) >= 11 is 3.39. The van der Waals surface area contributed by atoms with E-state index in [9.17, 15) is 0 Å². The number of aromatic nitrogens is 1. The van der Waals surface area contributed by atoms with Gasteiger partial charge in [0, 0.05) is 17.3 Å². The second-order valence-electron chi connectivity index (χ2n) is 3.02. The molecule has 1 aromatic rings. The lowest BCUT2D eigenvalue weighted by Gasteiger charge is -1.94. The highest BCUT2D eigenvalue weighted by Crippen LogP contribution is 2.10. The van der Waals surface area contributed by atoms with Gasteiger partial charge in [0.05, 0.1) is 5.69 Å². The summed E-state index contributed by atoms with van der Waals surface area (Å²) in [6, 6.07) is 3.88. The third kappa shape index (κ3) is 4.53. The fraction of sp³-hybridized carbons (Fsp3) is 0.364. The molecule has 0 saturated carbocycles. The van der Waals surface area contributed by atoms with Gasteiger partial charge in [-0.15, -0.1) is 0 Å². The van der Waals surface area contributed by atoms with Crippen LogP contribution in [0.5, 0.6) is 0 Å². The van der Waals surface area contributed by atoms with Gasteiger partial charge >= 0.3 is 0 Å². The molecule has 0 saturated heterocycles. The molecule has 0 aromatic carbocycles. The van der Waals surface area contributed by atoms with E-state index in [1.165, 1.54) is 0 Å². The van der Waals surface area contributed by atoms with Gasteiger partial charge in [-0.3, -0.25) is 4.98 Å². The van der Waals surface area contributed by atoms with Crippen LogP contribution in [0.4, 0.5) is 0 Å². The number of hydrogen-bond donors (Lipinski definition) is 1. The highest BCUT2D eigenvalue weighted by molar-refractivity contribution is 9.10. The lowest BCUT2D eigenvalue weighted by molar-refractivity contribution is 0.285. The Hall–Kier alpha value is -0.670. The molecular formula is C11H14BrNO. The van der Waals surface area contributed by atoms with Crippen molar-refractivity contribution >= 4 is 22.0 Å². The van der Waals surface area contributed by atoms with E-state index in [0.717, 1.165) is 29.4 Å². The SMILES string of the molecule is OCCCC/C=C/c1cc(Br)ccn1. The van der Waals surface area contributed by atoms with E-state index in [-0.39, 0.29) is 6.61 Å². The average molecular weight is 256 g/mol. The number of aliphatic hydroxyl groups excluding tert-OH is 1. The van der Waals surface area contributed by atoms with Gasteiger partial charge in [-0.25, -0.2) is 0 Å². The minimum atomic E-state index is 0.281. The first kappa shape index (κ1) is 11.4. The van der Waals surface area contributed by atoms with Gasteiger partial charge in [0.15, 0.2) is 0 Å².